The zero-order valence-corrected chi connectivity index (χ0v) is 57.4. The molecule has 0 bridgehead atoms. The molecule has 0 unspecified atom stereocenters. The van der Waals surface area contributed by atoms with Crippen molar-refractivity contribution < 1.29 is 67.3 Å². The Kier molecular flexibility index (Phi) is 31.8. The van der Waals surface area contributed by atoms with Crippen LogP contribution in [0.4, 0.5) is 15.3 Å². The molecule has 1 fully saturated rings. The number of unbranched alkanes of at least 4 members (excludes halogenated alkanes) is 2. The number of urea groups is 1. The number of aliphatic hydroxyl groups is 1. The first-order valence-electron chi connectivity index (χ1n) is 33.3. The lowest BCUT2D eigenvalue weighted by molar-refractivity contribution is -0.148. The van der Waals surface area contributed by atoms with Crippen LogP contribution in [0.3, 0.4) is 0 Å². The van der Waals surface area contributed by atoms with Crippen LogP contribution in [0.15, 0.2) is 66.7 Å². The molecular formula is C70H107N9O14. The van der Waals surface area contributed by atoms with E-state index in [4.69, 9.17) is 15.2 Å². The van der Waals surface area contributed by atoms with Crippen molar-refractivity contribution in [1.82, 2.24) is 35.6 Å². The lowest BCUT2D eigenvalue weighted by atomic mass is 9.83. The standard InChI is InChI=1S/C70H107N9O14/c1-15-45(8)64(57(92-14)40-61(85)78-37-23-27-54(78)46(9)47(10)66(87)73-48(11)65(86)50-24-18-16-19-25-50)76(12)68(89)53(42(2)3)39-56(81)63(44(6)7)77(13)70(91)93-41-49-29-31-52(32-30-49)74-67(88)51(26-22-35-72-69(71)90)38-55(80)62(43(4)5)75-58(82)28-20-17-21-36-79-59(83)33-34-60(79)84/h16,18-19,24-25,29-34,42-48,51,53-54,57,62-65,86H,15,17,20-23,26-28,35-41H2,1-14H3,(H,73,87)(H,74,88)(H,75,82)(H3,71,72,90)/t45-,46+,47+,48+,51+,53-,54-,57+,62-,63-,64-,65+/m0/s1. The molecular weight excluding hydrogens is 1190 g/mol. The number of imide groups is 1. The minimum atomic E-state index is -0.959. The van der Waals surface area contributed by atoms with Crippen LogP contribution in [0.5, 0.6) is 0 Å². The van der Waals surface area contributed by atoms with Crippen LogP contribution in [-0.4, -0.2) is 167 Å². The Morgan fingerprint density at radius 2 is 1.39 bits per heavy atom. The van der Waals surface area contributed by atoms with E-state index in [1.807, 2.05) is 90.6 Å². The molecule has 93 heavy (non-hydrogen) atoms. The summed E-state index contributed by atoms with van der Waals surface area (Å²) in [6, 6.07) is 11.8. The van der Waals surface area contributed by atoms with E-state index >= 15 is 0 Å². The second kappa shape index (κ2) is 38.0. The molecule has 2 heterocycles. The van der Waals surface area contributed by atoms with Gasteiger partial charge in [-0.05, 0) is 98.3 Å². The van der Waals surface area contributed by atoms with Crippen LogP contribution in [0.1, 0.15) is 170 Å². The van der Waals surface area contributed by atoms with Gasteiger partial charge in [0.2, 0.25) is 29.5 Å². The number of amides is 10. The topological polar surface area (TPSA) is 314 Å². The van der Waals surface area contributed by atoms with E-state index in [0.717, 1.165) is 11.3 Å². The minimum absolute atomic E-state index is 0.0179. The van der Waals surface area contributed by atoms with E-state index in [9.17, 15) is 57.8 Å². The zero-order valence-electron chi connectivity index (χ0n) is 57.4. The molecule has 516 valence electrons. The van der Waals surface area contributed by atoms with E-state index < -0.39 is 72.2 Å². The van der Waals surface area contributed by atoms with Crippen LogP contribution >= 0.6 is 0 Å². The van der Waals surface area contributed by atoms with Crippen molar-refractivity contribution in [1.29, 1.82) is 0 Å². The average molecular weight is 1300 g/mol. The number of ether oxygens (including phenoxy) is 2. The van der Waals surface area contributed by atoms with Crippen LogP contribution in [0.25, 0.3) is 0 Å². The minimum Gasteiger partial charge on any atom is -0.445 e. The van der Waals surface area contributed by atoms with E-state index in [2.05, 4.69) is 21.3 Å². The summed E-state index contributed by atoms with van der Waals surface area (Å²) >= 11 is 0. The second-order valence-electron chi connectivity index (χ2n) is 26.5. The number of nitrogens with zero attached hydrogens (tertiary/aromatic N) is 4. The molecule has 0 aliphatic carbocycles. The summed E-state index contributed by atoms with van der Waals surface area (Å²) in [4.78, 5) is 153. The Morgan fingerprint density at radius 1 is 0.742 bits per heavy atom. The summed E-state index contributed by atoms with van der Waals surface area (Å²) in [5, 5.41) is 22.1. The van der Waals surface area contributed by atoms with Gasteiger partial charge in [0.15, 0.2) is 11.6 Å². The van der Waals surface area contributed by atoms with E-state index in [1.165, 1.54) is 31.2 Å². The predicted octanol–water partition coefficient (Wildman–Crippen LogP) is 7.88. The summed E-state index contributed by atoms with van der Waals surface area (Å²) in [5.41, 5.74) is 6.91. The molecule has 2 aliphatic heterocycles. The number of ketones is 2. The van der Waals surface area contributed by atoms with Gasteiger partial charge in [0.05, 0.1) is 42.8 Å². The lowest BCUT2D eigenvalue weighted by Gasteiger charge is -2.41. The Labute approximate surface area is 550 Å². The summed E-state index contributed by atoms with van der Waals surface area (Å²) in [5.74, 6) is -6.29. The highest BCUT2D eigenvalue weighted by Gasteiger charge is 2.43. The van der Waals surface area contributed by atoms with E-state index in [0.29, 0.717) is 61.9 Å². The van der Waals surface area contributed by atoms with Gasteiger partial charge >= 0.3 is 12.1 Å². The highest BCUT2D eigenvalue weighted by Crippen LogP contribution is 2.33. The monoisotopic (exact) mass is 1300 g/mol. The Hall–Kier alpha value is -7.53. The first kappa shape index (κ1) is 77.9. The first-order valence-corrected chi connectivity index (χ1v) is 33.3. The molecule has 7 N–H and O–H groups in total. The number of rotatable bonds is 39. The quantitative estimate of drug-likeness (QED) is 0.0274. The number of likely N-dealkylation sites (tertiary alicyclic amines) is 1. The maximum atomic E-state index is 14.9. The first-order chi connectivity index (χ1) is 43.9. The Balaban J connectivity index is 1.36. The molecule has 2 aromatic rings. The molecule has 10 amide bonds. The van der Waals surface area contributed by atoms with Crippen molar-refractivity contribution in [2.45, 2.75) is 202 Å². The van der Waals surface area contributed by atoms with E-state index in [-0.39, 0.29) is 134 Å². The summed E-state index contributed by atoms with van der Waals surface area (Å²) in [7, 11) is 4.71. The van der Waals surface area contributed by atoms with Gasteiger partial charge in [-0.2, -0.15) is 0 Å². The number of benzene rings is 2. The SMILES string of the molecule is CC[C@H](C)[C@@H]([C@@H](CC(=O)N1CCC[C@H]1[C@H](C)[C@@H](C)C(=O)N[C@H](C)[C@@H](O)c1ccccc1)OC)N(C)C(=O)[C@@H](CC(=O)[C@H](C(C)C)N(C)C(=O)OCc1ccc(NC(=O)[C@H](CCCNC(N)=O)CC(=O)[C@@H](NC(=O)CCCCCN2C(=O)C=CC2=O)C(C)C)cc1)C(C)C. The van der Waals surface area contributed by atoms with Crippen molar-refractivity contribution >= 4 is 70.7 Å². The number of nitrogens with one attached hydrogen (secondary N) is 4. The molecule has 4 rings (SSSR count). The third kappa shape index (κ3) is 23.2. The fourth-order valence-electron chi connectivity index (χ4n) is 12.6. The van der Waals surface area contributed by atoms with Crippen molar-refractivity contribution in [2.75, 3.05) is 46.2 Å². The van der Waals surface area contributed by atoms with Crippen LogP contribution in [0.2, 0.25) is 0 Å². The molecule has 0 spiro atoms. The lowest BCUT2D eigenvalue weighted by Crippen LogP contribution is -2.54. The number of nitrogens with two attached hydrogens (primary N) is 1. The number of anilines is 1. The number of methoxy groups -OCH3 is 1. The van der Waals surface area contributed by atoms with Gasteiger partial charge in [-0.25, -0.2) is 9.59 Å². The molecule has 0 saturated carbocycles. The van der Waals surface area contributed by atoms with Crippen LogP contribution < -0.4 is 27.0 Å². The molecule has 2 aliphatic rings. The van der Waals surface area contributed by atoms with Crippen LogP contribution in [0, 0.1) is 47.3 Å². The second-order valence-corrected chi connectivity index (χ2v) is 26.5. The number of Topliss-reactive ketones (excluding diaryl/α,β-unsaturated/α-hetero) is 2. The highest BCUT2D eigenvalue weighted by molar-refractivity contribution is 6.12. The Morgan fingerprint density at radius 3 is 1.97 bits per heavy atom. The van der Waals surface area contributed by atoms with Gasteiger partial charge in [-0.1, -0.05) is 125 Å². The van der Waals surface area contributed by atoms with Gasteiger partial charge in [-0.3, -0.25) is 48.1 Å². The summed E-state index contributed by atoms with van der Waals surface area (Å²) in [6.07, 6.45) is 4.02. The number of carbonyl (C=O) groups is 11. The number of likely N-dealkylation sites (N-methyl/N-ethyl adjacent to an activating group) is 2. The van der Waals surface area contributed by atoms with E-state index in [1.54, 1.807) is 57.0 Å². The van der Waals surface area contributed by atoms with Gasteiger partial charge < -0.3 is 56.3 Å². The number of primary amides is 1. The number of hydrogen-bond acceptors (Lipinski definition) is 14. The highest BCUT2D eigenvalue weighted by atomic mass is 16.6. The molecule has 12 atom stereocenters. The molecule has 0 radical (unpaired) electrons. The fourth-order valence-corrected chi connectivity index (χ4v) is 12.6. The van der Waals surface area contributed by atoms with Gasteiger partial charge in [0.1, 0.15) is 6.61 Å². The van der Waals surface area contributed by atoms with Crippen molar-refractivity contribution in [2.24, 2.45) is 53.1 Å². The predicted molar refractivity (Wildman–Crippen MR) is 354 cm³/mol. The summed E-state index contributed by atoms with van der Waals surface area (Å²) < 4.78 is 11.9. The molecule has 0 aromatic heterocycles. The molecule has 2 aromatic carbocycles. The zero-order chi connectivity index (χ0) is 69.4. The smallest absolute Gasteiger partial charge is 0.410 e. The van der Waals surface area contributed by atoms with Crippen molar-refractivity contribution in [3.8, 4) is 0 Å². The maximum absolute atomic E-state index is 14.9. The summed E-state index contributed by atoms with van der Waals surface area (Å²) in [6.45, 7) is 21.3. The third-order valence-corrected chi connectivity index (χ3v) is 18.7. The number of carbonyl (C=O) groups excluding carboxylic acids is 11. The molecule has 1 saturated heterocycles. The van der Waals surface area contributed by atoms with Gasteiger partial charge in [-0.15, -0.1) is 0 Å². The third-order valence-electron chi connectivity index (χ3n) is 18.7. The van der Waals surface area contributed by atoms with Crippen molar-refractivity contribution in [3.05, 3.63) is 77.9 Å². The molecule has 23 nitrogen and oxygen atoms in total. The van der Waals surface area contributed by atoms with Gasteiger partial charge in [0, 0.05) is 102 Å². The molecule has 23 heteroatoms. The maximum Gasteiger partial charge on any atom is 0.410 e. The normalized spacial score (nSPS) is 17.5. The largest absolute Gasteiger partial charge is 0.445 e. The number of aliphatic hydroxyl groups excluding tert-OH is 1. The van der Waals surface area contributed by atoms with Crippen molar-refractivity contribution in [3.63, 3.8) is 0 Å². The average Bonchev–Trinajstić information content (AvgIpc) is 1.79. The Bertz CT molecular complexity index is 2850. The number of hydrogen-bond donors (Lipinski definition) is 6. The van der Waals surface area contributed by atoms with Crippen LogP contribution in [-0.2, 0) is 59.2 Å². The van der Waals surface area contributed by atoms with Gasteiger partial charge in [0.25, 0.3) is 11.8 Å². The fraction of sp³-hybridized carbons (Fsp3) is 0.643.